The first-order valence-corrected chi connectivity index (χ1v) is 9.01. The van der Waals surface area contributed by atoms with Gasteiger partial charge in [0, 0.05) is 30.6 Å². The maximum atomic E-state index is 10.9. The van der Waals surface area contributed by atoms with Gasteiger partial charge in [-0.3, -0.25) is 14.4 Å². The molecule has 1 aliphatic heterocycles. The van der Waals surface area contributed by atoms with Gasteiger partial charge < -0.3 is 4.90 Å². The molecule has 1 aliphatic rings. The Bertz CT molecular complexity index is 959. The second-order valence-electron chi connectivity index (χ2n) is 6.11. The summed E-state index contributed by atoms with van der Waals surface area (Å²) in [7, 11) is 2.09. The highest BCUT2D eigenvalue weighted by molar-refractivity contribution is 8.01. The molecule has 0 fully saturated rings. The fourth-order valence-corrected chi connectivity index (χ4v) is 4.10. The molecule has 3 aromatic rings. The number of benzene rings is 3. The summed E-state index contributed by atoms with van der Waals surface area (Å²) >= 11 is 1.57. The van der Waals surface area contributed by atoms with Crippen molar-refractivity contribution in [1.82, 2.24) is 0 Å². The van der Waals surface area contributed by atoms with Crippen molar-refractivity contribution in [2.75, 3.05) is 16.3 Å². The van der Waals surface area contributed by atoms with Gasteiger partial charge in [-0.1, -0.05) is 30.3 Å². The van der Waals surface area contributed by atoms with Crippen LogP contribution in [0.2, 0.25) is 0 Å². The first-order chi connectivity index (χ1) is 12.6. The van der Waals surface area contributed by atoms with E-state index >= 15 is 0 Å². The van der Waals surface area contributed by atoms with Gasteiger partial charge in [-0.25, -0.2) is 0 Å². The van der Waals surface area contributed by atoms with Crippen molar-refractivity contribution in [3.63, 3.8) is 0 Å². The number of hydrogen-bond donors (Lipinski definition) is 0. The summed E-state index contributed by atoms with van der Waals surface area (Å²) in [6, 6.07) is 23.3. The van der Waals surface area contributed by atoms with Crippen LogP contribution in [-0.4, -0.2) is 12.0 Å². The highest BCUT2D eigenvalue weighted by atomic mass is 32.2. The van der Waals surface area contributed by atoms with Crippen molar-refractivity contribution in [2.24, 2.45) is 0 Å². The van der Waals surface area contributed by atoms with Crippen LogP contribution >= 0.6 is 11.9 Å². The average molecular weight is 363 g/mol. The van der Waals surface area contributed by atoms with Crippen LogP contribution in [0.1, 0.15) is 5.56 Å². The van der Waals surface area contributed by atoms with E-state index in [2.05, 4.69) is 46.6 Å². The zero-order chi connectivity index (χ0) is 18.1. The Hall–Kier alpha value is -2.99. The number of nitro benzene ring substituents is 1. The van der Waals surface area contributed by atoms with E-state index in [1.807, 2.05) is 18.2 Å². The lowest BCUT2D eigenvalue weighted by atomic mass is 10.2. The van der Waals surface area contributed by atoms with E-state index in [4.69, 9.17) is 0 Å². The summed E-state index contributed by atoms with van der Waals surface area (Å²) in [5.41, 5.74) is 4.72. The SMILES string of the molecule is CN1Cc2ccccc2N(Sc2ccc([N+](=O)[O-])cc2)c2ccccc21. The number of fused-ring (bicyclic) bond motifs is 2. The number of hydrogen-bond acceptors (Lipinski definition) is 5. The zero-order valence-corrected chi connectivity index (χ0v) is 15.0. The first kappa shape index (κ1) is 16.5. The number of para-hydroxylation sites is 3. The van der Waals surface area contributed by atoms with Crippen molar-refractivity contribution in [3.8, 4) is 0 Å². The molecule has 0 aromatic heterocycles. The lowest BCUT2D eigenvalue weighted by Crippen LogP contribution is -2.15. The lowest BCUT2D eigenvalue weighted by molar-refractivity contribution is -0.384. The number of anilines is 3. The Labute approximate surface area is 156 Å². The van der Waals surface area contributed by atoms with Crippen LogP contribution in [0.5, 0.6) is 0 Å². The van der Waals surface area contributed by atoms with Crippen LogP contribution in [0.25, 0.3) is 0 Å². The first-order valence-electron chi connectivity index (χ1n) is 8.24. The van der Waals surface area contributed by atoms with E-state index in [0.717, 1.165) is 28.5 Å². The van der Waals surface area contributed by atoms with Gasteiger partial charge in [-0.05, 0) is 47.8 Å². The van der Waals surface area contributed by atoms with Crippen LogP contribution in [0.3, 0.4) is 0 Å². The van der Waals surface area contributed by atoms with Crippen molar-refractivity contribution < 1.29 is 4.92 Å². The summed E-state index contributed by atoms with van der Waals surface area (Å²) < 4.78 is 2.20. The van der Waals surface area contributed by atoms with Crippen molar-refractivity contribution in [1.29, 1.82) is 0 Å². The molecule has 3 aromatic carbocycles. The molecule has 6 heteroatoms. The van der Waals surface area contributed by atoms with Crippen LogP contribution in [0.4, 0.5) is 22.7 Å². The Morgan fingerprint density at radius 1 is 0.885 bits per heavy atom. The molecule has 0 amide bonds. The normalized spacial score (nSPS) is 13.0. The Kier molecular flexibility index (Phi) is 4.26. The fraction of sp³-hybridized carbons (Fsp3) is 0.100. The van der Waals surface area contributed by atoms with E-state index < -0.39 is 0 Å². The third-order valence-electron chi connectivity index (χ3n) is 4.37. The predicted octanol–water partition coefficient (Wildman–Crippen LogP) is 5.39. The summed E-state index contributed by atoms with van der Waals surface area (Å²) in [6.07, 6.45) is 0. The molecular formula is C20H17N3O2S. The minimum absolute atomic E-state index is 0.103. The lowest BCUT2D eigenvalue weighted by Gasteiger charge is -2.25. The average Bonchev–Trinajstić information content (AvgIpc) is 2.78. The number of nitrogens with zero attached hydrogens (tertiary/aromatic N) is 3. The Morgan fingerprint density at radius 3 is 2.19 bits per heavy atom. The molecule has 26 heavy (non-hydrogen) atoms. The molecule has 130 valence electrons. The minimum Gasteiger partial charge on any atom is -0.368 e. The number of rotatable bonds is 3. The molecule has 0 atom stereocenters. The Balaban J connectivity index is 1.79. The molecule has 0 radical (unpaired) electrons. The van der Waals surface area contributed by atoms with E-state index in [1.54, 1.807) is 36.2 Å². The van der Waals surface area contributed by atoms with Gasteiger partial charge in [-0.15, -0.1) is 0 Å². The summed E-state index contributed by atoms with van der Waals surface area (Å²) in [5, 5.41) is 10.9. The van der Waals surface area contributed by atoms with Gasteiger partial charge in [0.15, 0.2) is 0 Å². The van der Waals surface area contributed by atoms with Crippen molar-refractivity contribution >= 4 is 34.7 Å². The maximum absolute atomic E-state index is 10.9. The van der Waals surface area contributed by atoms with Gasteiger partial charge in [0.2, 0.25) is 0 Å². The molecule has 5 nitrogen and oxygen atoms in total. The third kappa shape index (κ3) is 2.99. The van der Waals surface area contributed by atoms with Crippen LogP contribution < -0.4 is 9.21 Å². The van der Waals surface area contributed by atoms with Gasteiger partial charge >= 0.3 is 0 Å². The third-order valence-corrected chi connectivity index (χ3v) is 5.43. The molecular weight excluding hydrogens is 346 g/mol. The van der Waals surface area contributed by atoms with Crippen molar-refractivity contribution in [2.45, 2.75) is 11.4 Å². The number of nitro groups is 1. The standard InChI is InChI=1S/C20H17N3O2S/c1-21-14-15-6-2-3-7-18(15)22(20-9-5-4-8-19(20)21)26-17-12-10-16(11-13-17)23(24)25/h2-13H,14H2,1H3. The molecule has 0 N–H and O–H groups in total. The monoisotopic (exact) mass is 363 g/mol. The highest BCUT2D eigenvalue weighted by Crippen LogP contribution is 2.45. The summed E-state index contributed by atoms with van der Waals surface area (Å²) in [5.74, 6) is 0. The minimum atomic E-state index is -0.375. The smallest absolute Gasteiger partial charge is 0.269 e. The van der Waals surface area contributed by atoms with Gasteiger partial charge in [-0.2, -0.15) is 0 Å². The zero-order valence-electron chi connectivity index (χ0n) is 14.2. The topological polar surface area (TPSA) is 49.6 Å². The maximum Gasteiger partial charge on any atom is 0.269 e. The van der Waals surface area contributed by atoms with E-state index in [1.165, 1.54) is 5.56 Å². The van der Waals surface area contributed by atoms with E-state index in [-0.39, 0.29) is 10.6 Å². The van der Waals surface area contributed by atoms with Gasteiger partial charge in [0.05, 0.1) is 22.0 Å². The van der Waals surface area contributed by atoms with E-state index in [9.17, 15) is 10.1 Å². The molecule has 0 unspecified atom stereocenters. The molecule has 1 heterocycles. The molecule has 0 saturated carbocycles. The van der Waals surface area contributed by atoms with E-state index in [0.29, 0.717) is 0 Å². The fourth-order valence-electron chi connectivity index (χ4n) is 3.10. The van der Waals surface area contributed by atoms with Crippen LogP contribution in [0.15, 0.2) is 77.7 Å². The Morgan fingerprint density at radius 2 is 1.50 bits per heavy atom. The number of non-ortho nitro benzene ring substituents is 1. The summed E-state index contributed by atoms with van der Waals surface area (Å²) in [6.45, 7) is 0.824. The second kappa shape index (κ2) is 6.72. The predicted molar refractivity (Wildman–Crippen MR) is 106 cm³/mol. The second-order valence-corrected chi connectivity index (χ2v) is 7.13. The largest absolute Gasteiger partial charge is 0.368 e. The van der Waals surface area contributed by atoms with Crippen LogP contribution in [0, 0.1) is 10.1 Å². The highest BCUT2D eigenvalue weighted by Gasteiger charge is 2.24. The summed E-state index contributed by atoms with van der Waals surface area (Å²) in [4.78, 5) is 13.7. The molecule has 0 spiro atoms. The quantitative estimate of drug-likeness (QED) is 0.355. The molecule has 4 rings (SSSR count). The van der Waals surface area contributed by atoms with Crippen LogP contribution in [-0.2, 0) is 6.54 Å². The molecule has 0 saturated heterocycles. The molecule has 0 bridgehead atoms. The molecule has 0 aliphatic carbocycles. The van der Waals surface area contributed by atoms with Gasteiger partial charge in [0.25, 0.3) is 5.69 Å². The van der Waals surface area contributed by atoms with Crippen molar-refractivity contribution in [3.05, 3.63) is 88.5 Å². The van der Waals surface area contributed by atoms with Gasteiger partial charge in [0.1, 0.15) is 0 Å².